The lowest BCUT2D eigenvalue weighted by Gasteiger charge is -2.07. The summed E-state index contributed by atoms with van der Waals surface area (Å²) in [6.07, 6.45) is 5.90. The molecule has 0 saturated carbocycles. The van der Waals surface area contributed by atoms with Gasteiger partial charge in [-0.1, -0.05) is 12.1 Å². The Balaban J connectivity index is 1.86. The summed E-state index contributed by atoms with van der Waals surface area (Å²) in [5, 5.41) is 8.92. The molecule has 1 aromatic heterocycles. The van der Waals surface area contributed by atoms with Crippen LogP contribution in [0.2, 0.25) is 0 Å². The van der Waals surface area contributed by atoms with E-state index in [1.807, 2.05) is 10.8 Å². The number of rotatable bonds is 7. The maximum absolute atomic E-state index is 12.0. The number of imidazole rings is 1. The van der Waals surface area contributed by atoms with Crippen LogP contribution in [0.4, 0.5) is 0 Å². The Morgan fingerprint density at radius 3 is 2.60 bits per heavy atom. The zero-order valence-corrected chi connectivity index (χ0v) is 11.8. The third kappa shape index (κ3) is 3.89. The second-order valence-corrected chi connectivity index (χ2v) is 6.12. The number of aryl methyl sites for hydroxylation is 1. The topological polar surface area (TPSA) is 84.2 Å². The summed E-state index contributed by atoms with van der Waals surface area (Å²) in [5.41, 5.74) is 0.684. The molecule has 2 aromatic rings. The number of aliphatic hydroxyl groups excluding tert-OH is 1. The summed E-state index contributed by atoms with van der Waals surface area (Å²) < 4.78 is 28.4. The van der Waals surface area contributed by atoms with Gasteiger partial charge in [0.2, 0.25) is 10.0 Å². The molecule has 1 heterocycles. The van der Waals surface area contributed by atoms with Gasteiger partial charge in [-0.25, -0.2) is 18.1 Å². The fourth-order valence-corrected chi connectivity index (χ4v) is 2.82. The second-order valence-electron chi connectivity index (χ2n) is 4.35. The van der Waals surface area contributed by atoms with Crippen LogP contribution in [-0.2, 0) is 23.2 Å². The number of hydrogen-bond acceptors (Lipinski definition) is 4. The van der Waals surface area contributed by atoms with Crippen molar-refractivity contribution in [3.05, 3.63) is 48.5 Å². The molecule has 0 unspecified atom stereocenters. The van der Waals surface area contributed by atoms with Gasteiger partial charge in [-0.2, -0.15) is 0 Å². The van der Waals surface area contributed by atoms with Crippen LogP contribution < -0.4 is 4.72 Å². The zero-order chi connectivity index (χ0) is 14.4. The lowest BCUT2D eigenvalue weighted by Crippen LogP contribution is -2.25. The highest BCUT2D eigenvalue weighted by atomic mass is 32.2. The van der Waals surface area contributed by atoms with Crippen LogP contribution in [0.1, 0.15) is 12.0 Å². The van der Waals surface area contributed by atoms with Gasteiger partial charge < -0.3 is 9.67 Å². The monoisotopic (exact) mass is 295 g/mol. The number of aromatic nitrogens is 2. The molecule has 0 spiro atoms. The second kappa shape index (κ2) is 6.65. The van der Waals surface area contributed by atoms with Gasteiger partial charge in [0.1, 0.15) is 0 Å². The molecule has 0 atom stereocenters. The molecule has 6 nitrogen and oxygen atoms in total. The molecule has 2 rings (SSSR count). The lowest BCUT2D eigenvalue weighted by atomic mass is 10.2. The van der Waals surface area contributed by atoms with Gasteiger partial charge in [-0.3, -0.25) is 0 Å². The van der Waals surface area contributed by atoms with E-state index in [4.69, 9.17) is 5.11 Å². The molecule has 0 aliphatic rings. The summed E-state index contributed by atoms with van der Waals surface area (Å²) in [6, 6.07) is 6.17. The standard InChI is InChI=1S/C13H17N3O3S/c17-10-12-2-4-13(5-3-12)20(18,19)15-6-1-8-16-9-7-14-11-16/h2-5,7,9,11,15,17H,1,6,8,10H2. The number of nitrogens with zero attached hydrogens (tertiary/aromatic N) is 2. The van der Waals surface area contributed by atoms with E-state index < -0.39 is 10.0 Å². The molecular formula is C13H17N3O3S. The molecule has 0 aliphatic heterocycles. The average molecular weight is 295 g/mol. The van der Waals surface area contributed by atoms with Crippen LogP contribution in [-0.4, -0.2) is 29.6 Å². The largest absolute Gasteiger partial charge is 0.392 e. The van der Waals surface area contributed by atoms with Crippen molar-refractivity contribution in [2.24, 2.45) is 0 Å². The first-order valence-electron chi connectivity index (χ1n) is 6.27. The van der Waals surface area contributed by atoms with Crippen LogP contribution in [0.5, 0.6) is 0 Å². The number of benzene rings is 1. The van der Waals surface area contributed by atoms with Crippen molar-refractivity contribution in [2.45, 2.75) is 24.5 Å². The first-order valence-corrected chi connectivity index (χ1v) is 7.75. The molecule has 0 aliphatic carbocycles. The Bertz CT molecular complexity index is 621. The molecule has 7 heteroatoms. The predicted octanol–water partition coefficient (Wildman–Crippen LogP) is 0.744. The van der Waals surface area contributed by atoms with Crippen molar-refractivity contribution in [3.8, 4) is 0 Å². The average Bonchev–Trinajstić information content (AvgIpc) is 2.97. The van der Waals surface area contributed by atoms with E-state index in [2.05, 4.69) is 9.71 Å². The third-order valence-corrected chi connectivity index (χ3v) is 4.34. The van der Waals surface area contributed by atoms with E-state index in [0.717, 1.165) is 0 Å². The van der Waals surface area contributed by atoms with Gasteiger partial charge in [0.05, 0.1) is 17.8 Å². The van der Waals surface area contributed by atoms with Crippen molar-refractivity contribution >= 4 is 10.0 Å². The van der Waals surface area contributed by atoms with E-state index in [9.17, 15) is 8.42 Å². The van der Waals surface area contributed by atoms with E-state index >= 15 is 0 Å². The molecule has 2 N–H and O–H groups in total. The molecular weight excluding hydrogens is 278 g/mol. The zero-order valence-electron chi connectivity index (χ0n) is 10.9. The number of hydrogen-bond donors (Lipinski definition) is 2. The highest BCUT2D eigenvalue weighted by Gasteiger charge is 2.12. The molecule has 0 radical (unpaired) electrons. The van der Waals surface area contributed by atoms with Crippen molar-refractivity contribution in [3.63, 3.8) is 0 Å². The summed E-state index contributed by atoms with van der Waals surface area (Å²) >= 11 is 0. The minimum absolute atomic E-state index is 0.0985. The number of sulfonamides is 1. The van der Waals surface area contributed by atoms with Crippen molar-refractivity contribution in [2.75, 3.05) is 6.54 Å². The number of nitrogens with one attached hydrogen (secondary N) is 1. The van der Waals surface area contributed by atoms with Gasteiger partial charge in [-0.15, -0.1) is 0 Å². The normalized spacial score (nSPS) is 11.7. The molecule has 20 heavy (non-hydrogen) atoms. The van der Waals surface area contributed by atoms with Crippen LogP contribution in [0.25, 0.3) is 0 Å². The molecule has 0 fully saturated rings. The summed E-state index contributed by atoms with van der Waals surface area (Å²) in [7, 11) is -3.48. The lowest BCUT2D eigenvalue weighted by molar-refractivity contribution is 0.282. The molecule has 0 amide bonds. The first kappa shape index (κ1) is 14.7. The first-order chi connectivity index (χ1) is 9.62. The SMILES string of the molecule is O=S(=O)(NCCCn1ccnc1)c1ccc(CO)cc1. The fourth-order valence-electron chi connectivity index (χ4n) is 1.74. The van der Waals surface area contributed by atoms with Crippen LogP contribution >= 0.6 is 0 Å². The maximum atomic E-state index is 12.0. The highest BCUT2D eigenvalue weighted by Crippen LogP contribution is 2.10. The third-order valence-electron chi connectivity index (χ3n) is 2.86. The Morgan fingerprint density at radius 2 is 2.00 bits per heavy atom. The summed E-state index contributed by atoms with van der Waals surface area (Å²) in [6.45, 7) is 0.979. The predicted molar refractivity (Wildman–Crippen MR) is 74.4 cm³/mol. The molecule has 0 bridgehead atoms. The highest BCUT2D eigenvalue weighted by molar-refractivity contribution is 7.89. The van der Waals surface area contributed by atoms with Gasteiger partial charge in [0, 0.05) is 25.5 Å². The molecule has 108 valence electrons. The Hall–Kier alpha value is -1.70. The van der Waals surface area contributed by atoms with Crippen molar-refractivity contribution in [1.82, 2.24) is 14.3 Å². The van der Waals surface area contributed by atoms with Crippen LogP contribution in [0.3, 0.4) is 0 Å². The van der Waals surface area contributed by atoms with Crippen LogP contribution in [0, 0.1) is 0 Å². The van der Waals surface area contributed by atoms with E-state index in [1.165, 1.54) is 12.1 Å². The molecule has 0 saturated heterocycles. The van der Waals surface area contributed by atoms with Gasteiger partial charge in [0.15, 0.2) is 0 Å². The number of aliphatic hydroxyl groups is 1. The van der Waals surface area contributed by atoms with E-state index in [0.29, 0.717) is 25.1 Å². The molecule has 1 aromatic carbocycles. The van der Waals surface area contributed by atoms with Crippen molar-refractivity contribution in [1.29, 1.82) is 0 Å². The van der Waals surface area contributed by atoms with E-state index in [-0.39, 0.29) is 11.5 Å². The van der Waals surface area contributed by atoms with Crippen molar-refractivity contribution < 1.29 is 13.5 Å². The van der Waals surface area contributed by atoms with Gasteiger partial charge in [0.25, 0.3) is 0 Å². The fraction of sp³-hybridized carbons (Fsp3) is 0.308. The Morgan fingerprint density at radius 1 is 1.25 bits per heavy atom. The smallest absolute Gasteiger partial charge is 0.240 e. The summed E-state index contributed by atoms with van der Waals surface area (Å²) in [4.78, 5) is 4.12. The van der Waals surface area contributed by atoms with Gasteiger partial charge in [-0.05, 0) is 24.1 Å². The van der Waals surface area contributed by atoms with Crippen LogP contribution in [0.15, 0.2) is 47.9 Å². The minimum atomic E-state index is -3.48. The van der Waals surface area contributed by atoms with Gasteiger partial charge >= 0.3 is 0 Å². The quantitative estimate of drug-likeness (QED) is 0.738. The van der Waals surface area contributed by atoms with E-state index in [1.54, 1.807) is 24.7 Å². The Kier molecular flexibility index (Phi) is 4.89. The Labute approximate surface area is 118 Å². The maximum Gasteiger partial charge on any atom is 0.240 e. The summed E-state index contributed by atoms with van der Waals surface area (Å²) in [5.74, 6) is 0. The minimum Gasteiger partial charge on any atom is -0.392 e.